The molecule has 0 fully saturated rings. The number of nitrogens with zero attached hydrogens (tertiary/aromatic N) is 4. The topological polar surface area (TPSA) is 80.7 Å². The van der Waals surface area contributed by atoms with Crippen LogP contribution in [0.15, 0.2) is 18.5 Å². The zero-order valence-corrected chi connectivity index (χ0v) is 11.1. The number of carbonyl (C=O) groups is 1. The molecule has 0 aliphatic rings. The van der Waals surface area contributed by atoms with Crippen molar-refractivity contribution in [2.75, 3.05) is 0 Å². The number of aryl methyl sites for hydroxylation is 3. The normalized spacial score (nSPS) is 10.3. The fraction of sp³-hybridized carbons (Fsp3) is 0.308. The molecular weight excluding hydrogens is 242 g/mol. The van der Waals surface area contributed by atoms with Crippen molar-refractivity contribution in [2.24, 2.45) is 0 Å². The van der Waals surface area contributed by atoms with Gasteiger partial charge in [0, 0.05) is 11.9 Å². The second kappa shape index (κ2) is 5.51. The van der Waals surface area contributed by atoms with Crippen LogP contribution in [0.2, 0.25) is 0 Å². The average molecular weight is 257 g/mol. The quantitative estimate of drug-likeness (QED) is 0.891. The molecule has 1 amide bonds. The number of amides is 1. The molecule has 0 saturated carbocycles. The second-order valence-corrected chi connectivity index (χ2v) is 4.27. The summed E-state index contributed by atoms with van der Waals surface area (Å²) in [6.07, 6.45) is 3.31. The zero-order valence-electron chi connectivity index (χ0n) is 11.1. The van der Waals surface area contributed by atoms with Crippen LogP contribution in [0.5, 0.6) is 0 Å². The van der Waals surface area contributed by atoms with Crippen LogP contribution < -0.4 is 5.32 Å². The molecule has 0 saturated heterocycles. The van der Waals surface area contributed by atoms with E-state index in [2.05, 4.69) is 25.3 Å². The lowest BCUT2D eigenvalue weighted by Crippen LogP contribution is -2.25. The molecule has 2 aromatic heterocycles. The molecule has 0 radical (unpaired) electrons. The Kier molecular flexibility index (Phi) is 3.79. The third-order valence-electron chi connectivity index (χ3n) is 2.46. The Balaban J connectivity index is 2.03. The molecule has 98 valence electrons. The van der Waals surface area contributed by atoms with Crippen LogP contribution >= 0.6 is 0 Å². The van der Waals surface area contributed by atoms with Crippen LogP contribution in [0.4, 0.5) is 0 Å². The van der Waals surface area contributed by atoms with E-state index < -0.39 is 0 Å². The van der Waals surface area contributed by atoms with Gasteiger partial charge in [-0.2, -0.15) is 0 Å². The molecule has 0 aliphatic carbocycles. The van der Waals surface area contributed by atoms with Crippen molar-refractivity contribution in [3.05, 3.63) is 47.1 Å². The van der Waals surface area contributed by atoms with E-state index >= 15 is 0 Å². The maximum Gasteiger partial charge on any atom is 0.270 e. The highest BCUT2D eigenvalue weighted by Gasteiger charge is 2.09. The highest BCUT2D eigenvalue weighted by Crippen LogP contribution is 2.01. The highest BCUT2D eigenvalue weighted by atomic mass is 16.1. The van der Waals surface area contributed by atoms with Crippen molar-refractivity contribution in [1.82, 2.24) is 25.3 Å². The maximum atomic E-state index is 11.9. The minimum Gasteiger partial charge on any atom is -0.345 e. The van der Waals surface area contributed by atoms with E-state index in [-0.39, 0.29) is 5.91 Å². The van der Waals surface area contributed by atoms with Crippen LogP contribution in [0, 0.1) is 20.8 Å². The van der Waals surface area contributed by atoms with E-state index in [4.69, 9.17) is 0 Å². The standard InChI is InChI=1S/C13H15N5O/c1-8-4-12(18-10(3)17-8)13(19)16-7-11-6-14-9(2)5-15-11/h4-6H,7H2,1-3H3,(H,16,19). The summed E-state index contributed by atoms with van der Waals surface area (Å²) >= 11 is 0. The Bertz CT molecular complexity index is 574. The molecule has 2 rings (SSSR count). The predicted octanol–water partition coefficient (Wildman–Crippen LogP) is 1.12. The summed E-state index contributed by atoms with van der Waals surface area (Å²) < 4.78 is 0. The van der Waals surface area contributed by atoms with Crippen LogP contribution in [-0.4, -0.2) is 25.8 Å². The molecule has 0 bridgehead atoms. The van der Waals surface area contributed by atoms with Crippen molar-refractivity contribution in [3.8, 4) is 0 Å². The SMILES string of the molecule is Cc1cnc(CNC(=O)c2cc(C)nc(C)n2)cn1. The molecule has 0 aliphatic heterocycles. The first-order valence-electron chi connectivity index (χ1n) is 5.92. The molecule has 1 N–H and O–H groups in total. The van der Waals surface area contributed by atoms with Gasteiger partial charge in [-0.1, -0.05) is 0 Å². The summed E-state index contributed by atoms with van der Waals surface area (Å²) in [5.74, 6) is 0.344. The van der Waals surface area contributed by atoms with E-state index in [0.717, 1.165) is 11.4 Å². The Morgan fingerprint density at radius 3 is 2.53 bits per heavy atom. The maximum absolute atomic E-state index is 11.9. The van der Waals surface area contributed by atoms with E-state index in [1.165, 1.54) is 0 Å². The van der Waals surface area contributed by atoms with E-state index in [1.54, 1.807) is 25.4 Å². The van der Waals surface area contributed by atoms with Gasteiger partial charge in [0.05, 0.1) is 24.1 Å². The lowest BCUT2D eigenvalue weighted by atomic mass is 10.3. The summed E-state index contributed by atoms with van der Waals surface area (Å²) in [5.41, 5.74) is 2.69. The van der Waals surface area contributed by atoms with Gasteiger partial charge in [-0.05, 0) is 26.8 Å². The predicted molar refractivity (Wildman–Crippen MR) is 69.4 cm³/mol. The van der Waals surface area contributed by atoms with Crippen LogP contribution in [-0.2, 0) is 6.54 Å². The van der Waals surface area contributed by atoms with Gasteiger partial charge in [-0.25, -0.2) is 9.97 Å². The average Bonchev–Trinajstić information content (AvgIpc) is 2.36. The molecule has 0 atom stereocenters. The van der Waals surface area contributed by atoms with Gasteiger partial charge in [0.1, 0.15) is 11.5 Å². The minimum atomic E-state index is -0.240. The highest BCUT2D eigenvalue weighted by molar-refractivity contribution is 5.92. The van der Waals surface area contributed by atoms with Crippen molar-refractivity contribution in [3.63, 3.8) is 0 Å². The van der Waals surface area contributed by atoms with Crippen LogP contribution in [0.25, 0.3) is 0 Å². The van der Waals surface area contributed by atoms with Crippen LogP contribution in [0.1, 0.15) is 33.4 Å². The minimum absolute atomic E-state index is 0.240. The van der Waals surface area contributed by atoms with Gasteiger partial charge in [0.2, 0.25) is 0 Å². The lowest BCUT2D eigenvalue weighted by molar-refractivity contribution is 0.0945. The molecule has 19 heavy (non-hydrogen) atoms. The molecule has 0 spiro atoms. The molecule has 0 unspecified atom stereocenters. The number of nitrogens with one attached hydrogen (secondary N) is 1. The molecular formula is C13H15N5O. The third-order valence-corrected chi connectivity index (χ3v) is 2.46. The molecule has 6 heteroatoms. The summed E-state index contributed by atoms with van der Waals surface area (Å²) in [4.78, 5) is 28.5. The van der Waals surface area contributed by atoms with Crippen molar-refractivity contribution in [2.45, 2.75) is 27.3 Å². The van der Waals surface area contributed by atoms with Gasteiger partial charge < -0.3 is 5.32 Å². The Morgan fingerprint density at radius 1 is 1.11 bits per heavy atom. The number of carbonyl (C=O) groups excluding carboxylic acids is 1. The number of aromatic nitrogens is 4. The summed E-state index contributed by atoms with van der Waals surface area (Å²) in [6, 6.07) is 1.66. The molecule has 0 aromatic carbocycles. The Labute approximate surface area is 111 Å². The van der Waals surface area contributed by atoms with Gasteiger partial charge in [-0.15, -0.1) is 0 Å². The van der Waals surface area contributed by atoms with Crippen molar-refractivity contribution in [1.29, 1.82) is 0 Å². The number of rotatable bonds is 3. The van der Waals surface area contributed by atoms with E-state index in [0.29, 0.717) is 23.8 Å². The largest absolute Gasteiger partial charge is 0.345 e. The number of hydrogen-bond acceptors (Lipinski definition) is 5. The zero-order chi connectivity index (χ0) is 13.8. The summed E-state index contributed by atoms with van der Waals surface area (Å²) in [7, 11) is 0. The first-order valence-corrected chi connectivity index (χ1v) is 5.92. The van der Waals surface area contributed by atoms with Crippen LogP contribution in [0.3, 0.4) is 0 Å². The smallest absolute Gasteiger partial charge is 0.270 e. The molecule has 2 aromatic rings. The van der Waals surface area contributed by atoms with E-state index in [9.17, 15) is 4.79 Å². The summed E-state index contributed by atoms with van der Waals surface area (Å²) in [5, 5.41) is 2.76. The summed E-state index contributed by atoms with van der Waals surface area (Å²) in [6.45, 7) is 5.78. The first-order chi connectivity index (χ1) is 9.04. The fourth-order valence-corrected chi connectivity index (χ4v) is 1.61. The van der Waals surface area contributed by atoms with Crippen molar-refractivity contribution >= 4 is 5.91 Å². The monoisotopic (exact) mass is 257 g/mol. The third kappa shape index (κ3) is 3.54. The molecule has 2 heterocycles. The van der Waals surface area contributed by atoms with Gasteiger partial charge in [0.15, 0.2) is 0 Å². The van der Waals surface area contributed by atoms with Gasteiger partial charge >= 0.3 is 0 Å². The second-order valence-electron chi connectivity index (χ2n) is 4.27. The van der Waals surface area contributed by atoms with Gasteiger partial charge in [0.25, 0.3) is 5.91 Å². The van der Waals surface area contributed by atoms with Gasteiger partial charge in [-0.3, -0.25) is 14.8 Å². The Hall–Kier alpha value is -2.37. The molecule has 6 nitrogen and oxygen atoms in total. The lowest BCUT2D eigenvalue weighted by Gasteiger charge is -2.05. The number of hydrogen-bond donors (Lipinski definition) is 1. The first kappa shape index (κ1) is 13.1. The van der Waals surface area contributed by atoms with Crippen molar-refractivity contribution < 1.29 is 4.79 Å². The fourth-order valence-electron chi connectivity index (χ4n) is 1.61. The van der Waals surface area contributed by atoms with E-state index in [1.807, 2.05) is 13.8 Å². The Morgan fingerprint density at radius 2 is 1.89 bits per heavy atom.